The monoisotopic (exact) mass is 536 g/mol. The average molecular weight is 536 g/mol. The van der Waals surface area contributed by atoms with Crippen LogP contribution in [-0.4, -0.2) is 47.3 Å². The van der Waals surface area contributed by atoms with Crippen LogP contribution in [0.5, 0.6) is 0 Å². The molecule has 168 valence electrons. The first-order chi connectivity index (χ1) is 14.7. The van der Waals surface area contributed by atoms with Crippen molar-refractivity contribution >= 4 is 29.9 Å². The molecule has 0 radical (unpaired) electrons. The minimum absolute atomic E-state index is 0. The summed E-state index contributed by atoms with van der Waals surface area (Å²) in [4.78, 5) is 6.77. The van der Waals surface area contributed by atoms with E-state index in [1.807, 2.05) is 29.1 Å². The van der Waals surface area contributed by atoms with Crippen molar-refractivity contribution in [2.24, 2.45) is 4.99 Å². The Morgan fingerprint density at radius 1 is 1.10 bits per heavy atom. The first kappa shape index (κ1) is 24.9. The van der Waals surface area contributed by atoms with Gasteiger partial charge in [0.15, 0.2) is 5.96 Å². The van der Waals surface area contributed by atoms with Crippen LogP contribution < -0.4 is 10.6 Å². The molecule has 7 nitrogen and oxygen atoms in total. The predicted octanol–water partition coefficient (Wildman–Crippen LogP) is 3.89. The lowest BCUT2D eigenvalue weighted by atomic mass is 10.1. The highest BCUT2D eigenvalue weighted by molar-refractivity contribution is 14.0. The van der Waals surface area contributed by atoms with Gasteiger partial charge in [0.05, 0.1) is 18.8 Å². The van der Waals surface area contributed by atoms with Gasteiger partial charge >= 0.3 is 0 Å². The number of nitrogens with one attached hydrogen (secondary N) is 2. The van der Waals surface area contributed by atoms with Crippen LogP contribution in [0.1, 0.15) is 36.8 Å². The molecule has 0 spiro atoms. The third kappa shape index (κ3) is 7.10. The molecule has 0 saturated heterocycles. The zero-order chi connectivity index (χ0) is 21.2. The lowest BCUT2D eigenvalue weighted by molar-refractivity contribution is 0.193. The Hall–Kier alpha value is -2.33. The molecule has 0 aliphatic rings. The van der Waals surface area contributed by atoms with E-state index in [-0.39, 0.29) is 30.0 Å². The van der Waals surface area contributed by atoms with Gasteiger partial charge in [0.1, 0.15) is 5.76 Å². The zero-order valence-corrected chi connectivity index (χ0v) is 20.8. The molecular formula is C23H33IN6O. The van der Waals surface area contributed by atoms with Crippen LogP contribution in [-0.2, 0) is 13.1 Å². The maximum Gasteiger partial charge on any atom is 0.191 e. The lowest BCUT2D eigenvalue weighted by Gasteiger charge is -2.28. The van der Waals surface area contributed by atoms with Gasteiger partial charge in [-0.3, -0.25) is 14.6 Å². The zero-order valence-electron chi connectivity index (χ0n) is 18.5. The fraction of sp³-hybridized carbons (Fsp3) is 0.391. The standard InChI is InChI=1S/C23H32N6O.HI/c1-4-28(5-2)21(22-12-8-15-30-22)17-26-23(24-3)25-16-19-10-6-7-11-20(19)18-29-14-9-13-27-29;/h6-15,21H,4-5,16-18H2,1-3H3,(H2,24,25,26);1H. The molecule has 0 fully saturated rings. The Morgan fingerprint density at radius 3 is 2.48 bits per heavy atom. The number of guanidine groups is 1. The third-order valence-electron chi connectivity index (χ3n) is 5.27. The average Bonchev–Trinajstić information content (AvgIpc) is 3.48. The Kier molecular flexibility index (Phi) is 10.6. The van der Waals surface area contributed by atoms with Gasteiger partial charge in [-0.2, -0.15) is 5.10 Å². The van der Waals surface area contributed by atoms with Crippen LogP contribution >= 0.6 is 24.0 Å². The van der Waals surface area contributed by atoms with Crippen molar-refractivity contribution in [1.82, 2.24) is 25.3 Å². The molecule has 2 heterocycles. The van der Waals surface area contributed by atoms with E-state index in [0.29, 0.717) is 13.1 Å². The number of furan rings is 1. The van der Waals surface area contributed by atoms with Crippen molar-refractivity contribution in [2.75, 3.05) is 26.7 Å². The highest BCUT2D eigenvalue weighted by Gasteiger charge is 2.20. The van der Waals surface area contributed by atoms with Crippen LogP contribution in [0.2, 0.25) is 0 Å². The van der Waals surface area contributed by atoms with Gasteiger partial charge in [0, 0.05) is 32.5 Å². The Bertz CT molecular complexity index is 891. The predicted molar refractivity (Wildman–Crippen MR) is 136 cm³/mol. The summed E-state index contributed by atoms with van der Waals surface area (Å²) in [5, 5.41) is 11.2. The highest BCUT2D eigenvalue weighted by atomic mass is 127. The van der Waals surface area contributed by atoms with Crippen molar-refractivity contribution in [3.05, 3.63) is 78.0 Å². The van der Waals surface area contributed by atoms with Crippen LogP contribution in [0.3, 0.4) is 0 Å². The maximum atomic E-state index is 5.69. The molecule has 0 aliphatic carbocycles. The largest absolute Gasteiger partial charge is 0.468 e. The van der Waals surface area contributed by atoms with Gasteiger partial charge in [-0.25, -0.2) is 0 Å². The topological polar surface area (TPSA) is 70.6 Å². The Balaban J connectivity index is 0.00000341. The first-order valence-electron chi connectivity index (χ1n) is 10.5. The van der Waals surface area contributed by atoms with E-state index in [9.17, 15) is 0 Å². The molecule has 1 unspecified atom stereocenters. The number of benzene rings is 1. The fourth-order valence-electron chi connectivity index (χ4n) is 3.60. The SMILES string of the molecule is CCN(CC)C(CNC(=NC)NCc1ccccc1Cn1cccn1)c1ccco1.I. The number of rotatable bonds is 10. The van der Waals surface area contributed by atoms with Crippen molar-refractivity contribution in [3.63, 3.8) is 0 Å². The summed E-state index contributed by atoms with van der Waals surface area (Å²) in [6.45, 7) is 8.40. The summed E-state index contributed by atoms with van der Waals surface area (Å²) in [5.74, 6) is 1.74. The molecule has 3 rings (SSSR count). The quantitative estimate of drug-likeness (QED) is 0.234. The third-order valence-corrected chi connectivity index (χ3v) is 5.27. The van der Waals surface area contributed by atoms with E-state index in [1.165, 1.54) is 11.1 Å². The Morgan fingerprint density at radius 2 is 1.87 bits per heavy atom. The molecule has 0 amide bonds. The molecule has 8 heteroatoms. The molecule has 0 saturated carbocycles. The van der Waals surface area contributed by atoms with E-state index < -0.39 is 0 Å². The van der Waals surface area contributed by atoms with Gasteiger partial charge in [-0.15, -0.1) is 24.0 Å². The minimum Gasteiger partial charge on any atom is -0.468 e. The van der Waals surface area contributed by atoms with Crippen molar-refractivity contribution in [1.29, 1.82) is 0 Å². The molecule has 31 heavy (non-hydrogen) atoms. The van der Waals surface area contributed by atoms with E-state index in [1.54, 1.807) is 19.5 Å². The molecule has 1 atom stereocenters. The number of nitrogens with zero attached hydrogens (tertiary/aromatic N) is 4. The smallest absolute Gasteiger partial charge is 0.191 e. The number of aliphatic imine (C=N–C) groups is 1. The summed E-state index contributed by atoms with van der Waals surface area (Å²) < 4.78 is 7.63. The summed E-state index contributed by atoms with van der Waals surface area (Å²) in [6, 6.07) is 14.5. The number of aromatic nitrogens is 2. The fourth-order valence-corrected chi connectivity index (χ4v) is 3.60. The number of hydrogen-bond donors (Lipinski definition) is 2. The first-order valence-corrected chi connectivity index (χ1v) is 10.5. The summed E-state index contributed by atoms with van der Waals surface area (Å²) in [5.41, 5.74) is 2.46. The highest BCUT2D eigenvalue weighted by Crippen LogP contribution is 2.20. The molecule has 3 aromatic rings. The minimum atomic E-state index is 0. The summed E-state index contributed by atoms with van der Waals surface area (Å²) >= 11 is 0. The van der Waals surface area contributed by atoms with E-state index in [4.69, 9.17) is 4.42 Å². The van der Waals surface area contributed by atoms with Crippen LogP contribution in [0.25, 0.3) is 0 Å². The Labute approximate surface area is 201 Å². The van der Waals surface area contributed by atoms with E-state index in [0.717, 1.165) is 31.4 Å². The van der Waals surface area contributed by atoms with Crippen LogP contribution in [0, 0.1) is 0 Å². The molecule has 2 aromatic heterocycles. The summed E-state index contributed by atoms with van der Waals surface area (Å²) in [7, 11) is 1.80. The normalized spacial score (nSPS) is 12.5. The molecular weight excluding hydrogens is 503 g/mol. The number of halogens is 1. The van der Waals surface area contributed by atoms with Gasteiger partial charge in [-0.1, -0.05) is 38.1 Å². The van der Waals surface area contributed by atoms with Gasteiger partial charge < -0.3 is 15.1 Å². The molecule has 2 N–H and O–H groups in total. The van der Waals surface area contributed by atoms with E-state index in [2.05, 4.69) is 63.7 Å². The maximum absolute atomic E-state index is 5.69. The lowest BCUT2D eigenvalue weighted by Crippen LogP contribution is -2.43. The second kappa shape index (κ2) is 13.2. The van der Waals surface area contributed by atoms with Gasteiger partial charge in [0.25, 0.3) is 0 Å². The number of hydrogen-bond acceptors (Lipinski definition) is 4. The summed E-state index contributed by atoms with van der Waals surface area (Å²) in [6.07, 6.45) is 5.51. The van der Waals surface area contributed by atoms with Gasteiger partial charge in [0.2, 0.25) is 0 Å². The van der Waals surface area contributed by atoms with Crippen LogP contribution in [0.15, 0.2) is 70.5 Å². The molecule has 0 aliphatic heterocycles. The molecule has 1 aromatic carbocycles. The van der Waals surface area contributed by atoms with Crippen LogP contribution in [0.4, 0.5) is 0 Å². The van der Waals surface area contributed by atoms with Gasteiger partial charge in [-0.05, 0) is 42.4 Å². The van der Waals surface area contributed by atoms with Crippen molar-refractivity contribution in [2.45, 2.75) is 33.0 Å². The second-order valence-corrected chi connectivity index (χ2v) is 7.03. The number of likely N-dealkylation sites (N-methyl/N-ethyl adjacent to an activating group) is 1. The van der Waals surface area contributed by atoms with E-state index >= 15 is 0 Å². The molecule has 0 bridgehead atoms. The second-order valence-electron chi connectivity index (χ2n) is 7.03. The van der Waals surface area contributed by atoms with Crippen molar-refractivity contribution in [3.8, 4) is 0 Å². The van der Waals surface area contributed by atoms with Crippen molar-refractivity contribution < 1.29 is 4.42 Å².